The summed E-state index contributed by atoms with van der Waals surface area (Å²) in [7, 11) is 0. The summed E-state index contributed by atoms with van der Waals surface area (Å²) in [6.07, 6.45) is 0. The van der Waals surface area contributed by atoms with Gasteiger partial charge in [0.25, 0.3) is 0 Å². The van der Waals surface area contributed by atoms with Gasteiger partial charge in [-0.05, 0) is 19.1 Å². The van der Waals surface area contributed by atoms with Gasteiger partial charge in [-0.25, -0.2) is 9.97 Å². The summed E-state index contributed by atoms with van der Waals surface area (Å²) in [6, 6.07) is 18.2. The van der Waals surface area contributed by atoms with Crippen LogP contribution < -0.4 is 4.74 Å². The molecular formula is C20H18N4OS2. The highest BCUT2D eigenvalue weighted by Crippen LogP contribution is 2.26. The molecule has 136 valence electrons. The highest BCUT2D eigenvalue weighted by molar-refractivity contribution is 7.98. The number of thiazole rings is 1. The number of aromatic nitrogens is 4. The van der Waals surface area contributed by atoms with Crippen LogP contribution in [0.3, 0.4) is 0 Å². The summed E-state index contributed by atoms with van der Waals surface area (Å²) in [4.78, 5) is 9.16. The second-order valence-electron chi connectivity index (χ2n) is 5.97. The molecule has 27 heavy (non-hydrogen) atoms. The molecule has 0 atom stereocenters. The third-order valence-electron chi connectivity index (χ3n) is 3.83. The molecule has 5 nitrogen and oxygen atoms in total. The molecule has 2 aromatic heterocycles. The number of aromatic amines is 1. The van der Waals surface area contributed by atoms with Crippen molar-refractivity contribution in [3.05, 3.63) is 77.1 Å². The Kier molecular flexibility index (Phi) is 5.50. The molecule has 0 aliphatic rings. The summed E-state index contributed by atoms with van der Waals surface area (Å²) >= 11 is 3.22. The van der Waals surface area contributed by atoms with Gasteiger partial charge in [-0.3, -0.25) is 5.10 Å². The molecule has 0 saturated carbocycles. The lowest BCUT2D eigenvalue weighted by Crippen LogP contribution is -1.97. The van der Waals surface area contributed by atoms with Gasteiger partial charge in [-0.2, -0.15) is 0 Å². The molecule has 0 spiro atoms. The molecular weight excluding hydrogens is 376 g/mol. The molecule has 1 N–H and O–H groups in total. The third kappa shape index (κ3) is 4.75. The normalized spacial score (nSPS) is 10.9. The van der Waals surface area contributed by atoms with Crippen molar-refractivity contribution in [3.8, 4) is 16.3 Å². The predicted molar refractivity (Wildman–Crippen MR) is 109 cm³/mol. The van der Waals surface area contributed by atoms with Crippen molar-refractivity contribution >= 4 is 23.1 Å². The number of thioether (sulfide) groups is 1. The van der Waals surface area contributed by atoms with E-state index in [2.05, 4.69) is 39.6 Å². The first-order chi connectivity index (χ1) is 13.3. The predicted octanol–water partition coefficient (Wildman–Crippen LogP) is 5.11. The van der Waals surface area contributed by atoms with Gasteiger partial charge in [-0.15, -0.1) is 16.4 Å². The number of hydrogen-bond donors (Lipinski definition) is 1. The average Bonchev–Trinajstić information content (AvgIpc) is 3.36. The molecule has 0 aliphatic heterocycles. The first-order valence-electron chi connectivity index (χ1n) is 8.49. The zero-order valence-electron chi connectivity index (χ0n) is 14.8. The summed E-state index contributed by atoms with van der Waals surface area (Å²) < 4.78 is 5.72. The summed E-state index contributed by atoms with van der Waals surface area (Å²) in [6.45, 7) is 2.42. The van der Waals surface area contributed by atoms with E-state index in [0.717, 1.165) is 27.8 Å². The molecule has 0 amide bonds. The Labute approximate surface area is 165 Å². The van der Waals surface area contributed by atoms with Crippen molar-refractivity contribution in [1.82, 2.24) is 20.2 Å². The topological polar surface area (TPSA) is 63.7 Å². The zero-order valence-corrected chi connectivity index (χ0v) is 16.4. The minimum atomic E-state index is 0.367. The van der Waals surface area contributed by atoms with E-state index in [-0.39, 0.29) is 0 Å². The van der Waals surface area contributed by atoms with E-state index in [1.165, 1.54) is 5.56 Å². The second kappa shape index (κ2) is 8.37. The molecule has 7 heteroatoms. The summed E-state index contributed by atoms with van der Waals surface area (Å²) in [5.41, 5.74) is 3.39. The van der Waals surface area contributed by atoms with Crippen LogP contribution in [-0.4, -0.2) is 20.2 Å². The summed E-state index contributed by atoms with van der Waals surface area (Å²) in [5, 5.41) is 11.0. The molecule has 0 aliphatic carbocycles. The number of benzene rings is 2. The van der Waals surface area contributed by atoms with Crippen molar-refractivity contribution in [2.24, 2.45) is 0 Å². The fraction of sp³-hybridized carbons (Fsp3) is 0.150. The van der Waals surface area contributed by atoms with Crippen LogP contribution in [0.2, 0.25) is 0 Å². The number of nitrogens with one attached hydrogen (secondary N) is 1. The number of rotatable bonds is 7. The van der Waals surface area contributed by atoms with Gasteiger partial charge in [0.05, 0.1) is 5.69 Å². The third-order valence-corrected chi connectivity index (χ3v) is 5.65. The summed E-state index contributed by atoms with van der Waals surface area (Å²) in [5.74, 6) is 2.27. The van der Waals surface area contributed by atoms with Gasteiger partial charge in [0.15, 0.2) is 5.82 Å². The van der Waals surface area contributed by atoms with Gasteiger partial charge < -0.3 is 4.74 Å². The van der Waals surface area contributed by atoms with E-state index in [4.69, 9.17) is 9.72 Å². The first-order valence-corrected chi connectivity index (χ1v) is 10.4. The minimum Gasteiger partial charge on any atom is -0.486 e. The van der Waals surface area contributed by atoms with Crippen LogP contribution in [0.4, 0.5) is 0 Å². The van der Waals surface area contributed by atoms with Gasteiger partial charge in [0.1, 0.15) is 17.4 Å². The van der Waals surface area contributed by atoms with Gasteiger partial charge in [0, 0.05) is 16.7 Å². The maximum absolute atomic E-state index is 5.72. The van der Waals surface area contributed by atoms with Crippen molar-refractivity contribution < 1.29 is 4.74 Å². The number of aryl methyl sites for hydroxylation is 1. The highest BCUT2D eigenvalue weighted by Gasteiger charge is 2.08. The smallest absolute Gasteiger partial charge is 0.208 e. The van der Waals surface area contributed by atoms with E-state index in [1.807, 2.05) is 42.5 Å². The second-order valence-corrected chi connectivity index (χ2v) is 7.77. The van der Waals surface area contributed by atoms with Crippen molar-refractivity contribution in [3.63, 3.8) is 0 Å². The quantitative estimate of drug-likeness (QED) is 0.441. The Morgan fingerprint density at radius 2 is 1.85 bits per heavy atom. The Balaban J connectivity index is 1.31. The first kappa shape index (κ1) is 17.8. The zero-order chi connectivity index (χ0) is 18.5. The Bertz CT molecular complexity index is 996. The fourth-order valence-electron chi connectivity index (χ4n) is 2.42. The standard InChI is InChI=1S/C20H18N4OS2/c1-14-7-9-17(10-8-14)25-11-18-22-20(24-23-18)27-13-16-12-26-19(21-16)15-5-3-2-4-6-15/h2-10,12H,11,13H2,1H3,(H,22,23,24). The molecule has 2 aromatic carbocycles. The van der Waals surface area contributed by atoms with Crippen LogP contribution in [0, 0.1) is 6.92 Å². The highest BCUT2D eigenvalue weighted by atomic mass is 32.2. The number of ether oxygens (including phenoxy) is 1. The molecule has 0 saturated heterocycles. The Morgan fingerprint density at radius 3 is 2.67 bits per heavy atom. The van der Waals surface area contributed by atoms with Gasteiger partial charge in [0.2, 0.25) is 5.16 Å². The monoisotopic (exact) mass is 394 g/mol. The minimum absolute atomic E-state index is 0.367. The average molecular weight is 395 g/mol. The van der Waals surface area contributed by atoms with Gasteiger partial charge in [-0.1, -0.05) is 59.8 Å². The Morgan fingerprint density at radius 1 is 1.04 bits per heavy atom. The van der Waals surface area contributed by atoms with E-state index in [0.29, 0.717) is 17.6 Å². The fourth-order valence-corrected chi connectivity index (χ4v) is 4.06. The number of nitrogens with zero attached hydrogens (tertiary/aromatic N) is 3. The lowest BCUT2D eigenvalue weighted by atomic mass is 10.2. The van der Waals surface area contributed by atoms with Crippen LogP contribution in [0.1, 0.15) is 17.1 Å². The molecule has 4 rings (SSSR count). The molecule has 0 unspecified atom stereocenters. The number of H-pyrrole nitrogens is 1. The SMILES string of the molecule is Cc1ccc(OCc2nc(SCc3csc(-c4ccccc4)n3)n[nH]2)cc1. The lowest BCUT2D eigenvalue weighted by Gasteiger charge is -2.03. The van der Waals surface area contributed by atoms with E-state index in [1.54, 1.807) is 23.1 Å². The van der Waals surface area contributed by atoms with Crippen LogP contribution in [0.25, 0.3) is 10.6 Å². The lowest BCUT2D eigenvalue weighted by molar-refractivity contribution is 0.296. The molecule has 0 fully saturated rings. The largest absolute Gasteiger partial charge is 0.486 e. The maximum Gasteiger partial charge on any atom is 0.208 e. The molecule has 4 aromatic rings. The molecule has 0 bridgehead atoms. The van der Waals surface area contributed by atoms with Gasteiger partial charge >= 0.3 is 0 Å². The van der Waals surface area contributed by atoms with Crippen molar-refractivity contribution in [2.75, 3.05) is 0 Å². The van der Waals surface area contributed by atoms with Crippen LogP contribution >= 0.6 is 23.1 Å². The van der Waals surface area contributed by atoms with Crippen LogP contribution in [0.15, 0.2) is 65.1 Å². The van der Waals surface area contributed by atoms with Crippen molar-refractivity contribution in [2.45, 2.75) is 24.4 Å². The van der Waals surface area contributed by atoms with Crippen molar-refractivity contribution in [1.29, 1.82) is 0 Å². The van der Waals surface area contributed by atoms with Crippen LogP contribution in [0.5, 0.6) is 5.75 Å². The molecule has 2 heterocycles. The molecule has 0 radical (unpaired) electrons. The van der Waals surface area contributed by atoms with Crippen LogP contribution in [-0.2, 0) is 12.4 Å². The maximum atomic E-state index is 5.72. The Hall–Kier alpha value is -2.64. The van der Waals surface area contributed by atoms with E-state index in [9.17, 15) is 0 Å². The van der Waals surface area contributed by atoms with E-state index >= 15 is 0 Å². The van der Waals surface area contributed by atoms with E-state index < -0.39 is 0 Å². The number of hydrogen-bond acceptors (Lipinski definition) is 6.